The highest BCUT2D eigenvalue weighted by molar-refractivity contribution is 5.88. The molecule has 3 aliphatic rings. The van der Waals surface area contributed by atoms with Crippen LogP contribution in [0, 0.1) is 0 Å². The SMILES string of the molecule is CC(C(=O)NCc1cc2n(n1)CCCN(C1CCCCC1)C2)N1CCCC1=O. The minimum absolute atomic E-state index is 0.0826. The van der Waals surface area contributed by atoms with Crippen molar-refractivity contribution in [3.63, 3.8) is 0 Å². The lowest BCUT2D eigenvalue weighted by Gasteiger charge is -2.33. The van der Waals surface area contributed by atoms with Crippen LogP contribution in [0.25, 0.3) is 0 Å². The van der Waals surface area contributed by atoms with Gasteiger partial charge in [0.05, 0.1) is 17.9 Å². The normalized spacial score (nSPS) is 22.8. The highest BCUT2D eigenvalue weighted by Gasteiger charge is 2.29. The third kappa shape index (κ3) is 4.24. The molecular formula is C21H33N5O2. The third-order valence-corrected chi connectivity index (χ3v) is 6.59. The molecule has 1 aromatic rings. The summed E-state index contributed by atoms with van der Waals surface area (Å²) in [5.74, 6) is -0.0126. The number of likely N-dealkylation sites (tertiary alicyclic amines) is 1. The van der Waals surface area contributed by atoms with Crippen molar-refractivity contribution in [3.05, 3.63) is 17.5 Å². The van der Waals surface area contributed by atoms with E-state index in [2.05, 4.69) is 21.0 Å². The van der Waals surface area contributed by atoms with Crippen LogP contribution in [0.1, 0.15) is 69.7 Å². The second kappa shape index (κ2) is 8.64. The maximum absolute atomic E-state index is 12.5. The van der Waals surface area contributed by atoms with E-state index in [1.54, 1.807) is 4.90 Å². The Bertz CT molecular complexity index is 710. The molecule has 154 valence electrons. The Kier molecular flexibility index (Phi) is 5.99. The van der Waals surface area contributed by atoms with E-state index in [0.29, 0.717) is 19.5 Å². The fraction of sp³-hybridized carbons (Fsp3) is 0.762. The molecule has 1 saturated heterocycles. The largest absolute Gasteiger partial charge is 0.349 e. The highest BCUT2D eigenvalue weighted by atomic mass is 16.2. The number of aryl methyl sites for hydroxylation is 1. The van der Waals surface area contributed by atoms with Crippen molar-refractivity contribution < 1.29 is 9.59 Å². The second-order valence-electron chi connectivity index (χ2n) is 8.55. The molecule has 3 heterocycles. The summed E-state index contributed by atoms with van der Waals surface area (Å²) in [4.78, 5) is 28.6. The fourth-order valence-electron chi connectivity index (χ4n) is 4.94. The van der Waals surface area contributed by atoms with Crippen molar-refractivity contribution in [2.24, 2.45) is 0 Å². The molecule has 0 aromatic carbocycles. The first-order valence-electron chi connectivity index (χ1n) is 11.0. The zero-order valence-electron chi connectivity index (χ0n) is 17.0. The monoisotopic (exact) mass is 387 g/mol. The average Bonchev–Trinajstić information content (AvgIpc) is 3.26. The number of fused-ring (bicyclic) bond motifs is 1. The van der Waals surface area contributed by atoms with Gasteiger partial charge in [-0.1, -0.05) is 19.3 Å². The molecule has 2 aliphatic heterocycles. The molecule has 1 aromatic heterocycles. The number of nitrogens with one attached hydrogen (secondary N) is 1. The van der Waals surface area contributed by atoms with Gasteiger partial charge in [-0.3, -0.25) is 19.2 Å². The zero-order chi connectivity index (χ0) is 19.5. The number of nitrogens with zero attached hydrogens (tertiary/aromatic N) is 4. The zero-order valence-corrected chi connectivity index (χ0v) is 17.0. The molecule has 1 atom stereocenters. The lowest BCUT2D eigenvalue weighted by Crippen LogP contribution is -2.45. The molecule has 2 fully saturated rings. The van der Waals surface area contributed by atoms with Crippen LogP contribution in [0.3, 0.4) is 0 Å². The van der Waals surface area contributed by atoms with Gasteiger partial charge in [-0.2, -0.15) is 5.10 Å². The molecule has 7 heteroatoms. The molecule has 28 heavy (non-hydrogen) atoms. The maximum atomic E-state index is 12.5. The lowest BCUT2D eigenvalue weighted by atomic mass is 9.94. The van der Waals surface area contributed by atoms with Gasteiger partial charge >= 0.3 is 0 Å². The molecule has 2 amide bonds. The predicted molar refractivity (Wildman–Crippen MR) is 106 cm³/mol. The number of carbonyl (C=O) groups is 2. The Hall–Kier alpha value is -1.89. The van der Waals surface area contributed by atoms with Gasteiger partial charge in [0.2, 0.25) is 11.8 Å². The molecule has 7 nitrogen and oxygen atoms in total. The smallest absolute Gasteiger partial charge is 0.242 e. The van der Waals surface area contributed by atoms with E-state index in [1.165, 1.54) is 37.8 Å². The minimum Gasteiger partial charge on any atom is -0.349 e. The number of hydrogen-bond acceptors (Lipinski definition) is 4. The first kappa shape index (κ1) is 19.4. The van der Waals surface area contributed by atoms with Crippen LogP contribution in [0.15, 0.2) is 6.07 Å². The van der Waals surface area contributed by atoms with Gasteiger partial charge in [0, 0.05) is 38.6 Å². The molecule has 0 spiro atoms. The summed E-state index contributed by atoms with van der Waals surface area (Å²) in [6.45, 7) is 5.98. The summed E-state index contributed by atoms with van der Waals surface area (Å²) in [5.41, 5.74) is 2.17. The van der Waals surface area contributed by atoms with Gasteiger partial charge in [0.15, 0.2) is 0 Å². The number of hydrogen-bond donors (Lipinski definition) is 1. The summed E-state index contributed by atoms with van der Waals surface area (Å²) in [6.07, 6.45) is 9.28. The number of carbonyl (C=O) groups excluding carboxylic acids is 2. The first-order chi connectivity index (χ1) is 13.6. The third-order valence-electron chi connectivity index (χ3n) is 6.59. The van der Waals surface area contributed by atoms with Crippen LogP contribution in [-0.4, -0.2) is 56.6 Å². The summed E-state index contributed by atoms with van der Waals surface area (Å²) in [7, 11) is 0. The van der Waals surface area contributed by atoms with Crippen molar-refractivity contribution in [1.29, 1.82) is 0 Å². The van der Waals surface area contributed by atoms with Gasteiger partial charge in [-0.15, -0.1) is 0 Å². The predicted octanol–water partition coefficient (Wildman–Crippen LogP) is 2.05. The first-order valence-corrected chi connectivity index (χ1v) is 11.0. The quantitative estimate of drug-likeness (QED) is 0.839. The topological polar surface area (TPSA) is 70.5 Å². The van der Waals surface area contributed by atoms with Crippen LogP contribution < -0.4 is 5.32 Å². The van der Waals surface area contributed by atoms with Gasteiger partial charge in [-0.05, 0) is 38.7 Å². The van der Waals surface area contributed by atoms with Crippen molar-refractivity contribution >= 4 is 11.8 Å². The summed E-state index contributed by atoms with van der Waals surface area (Å²) in [6, 6.07) is 2.46. The Morgan fingerprint density at radius 3 is 2.75 bits per heavy atom. The van der Waals surface area contributed by atoms with Gasteiger partial charge in [0.25, 0.3) is 0 Å². The van der Waals surface area contributed by atoms with E-state index in [-0.39, 0.29) is 11.8 Å². The molecule has 1 N–H and O–H groups in total. The second-order valence-corrected chi connectivity index (χ2v) is 8.55. The summed E-state index contributed by atoms with van der Waals surface area (Å²) >= 11 is 0. The Morgan fingerprint density at radius 1 is 1.18 bits per heavy atom. The molecular weight excluding hydrogens is 354 g/mol. The minimum atomic E-state index is -0.405. The van der Waals surface area contributed by atoms with Crippen molar-refractivity contribution in [1.82, 2.24) is 24.9 Å². The van der Waals surface area contributed by atoms with E-state index in [0.717, 1.165) is 44.2 Å². The van der Waals surface area contributed by atoms with E-state index >= 15 is 0 Å². The number of rotatable bonds is 5. The van der Waals surface area contributed by atoms with Crippen molar-refractivity contribution in [2.75, 3.05) is 13.1 Å². The van der Waals surface area contributed by atoms with Crippen LogP contribution in [0.2, 0.25) is 0 Å². The Morgan fingerprint density at radius 2 is 2.00 bits per heavy atom. The van der Waals surface area contributed by atoms with Gasteiger partial charge in [-0.25, -0.2) is 0 Å². The van der Waals surface area contributed by atoms with Gasteiger partial charge < -0.3 is 10.2 Å². The van der Waals surface area contributed by atoms with Crippen LogP contribution in [-0.2, 0) is 29.2 Å². The summed E-state index contributed by atoms with van der Waals surface area (Å²) < 4.78 is 2.12. The maximum Gasteiger partial charge on any atom is 0.242 e. The Balaban J connectivity index is 1.34. The average molecular weight is 388 g/mol. The van der Waals surface area contributed by atoms with Crippen LogP contribution in [0.5, 0.6) is 0 Å². The summed E-state index contributed by atoms with van der Waals surface area (Å²) in [5, 5.41) is 7.70. The molecule has 0 bridgehead atoms. The van der Waals surface area contributed by atoms with Crippen molar-refractivity contribution in [2.45, 2.75) is 90.0 Å². The van der Waals surface area contributed by atoms with Crippen LogP contribution in [0.4, 0.5) is 0 Å². The molecule has 4 rings (SSSR count). The fourth-order valence-corrected chi connectivity index (χ4v) is 4.94. The van der Waals surface area contributed by atoms with Crippen LogP contribution >= 0.6 is 0 Å². The van der Waals surface area contributed by atoms with E-state index in [4.69, 9.17) is 5.10 Å². The molecule has 1 aliphatic carbocycles. The van der Waals surface area contributed by atoms with Crippen molar-refractivity contribution in [3.8, 4) is 0 Å². The highest BCUT2D eigenvalue weighted by Crippen LogP contribution is 2.26. The standard InChI is InChI=1S/C21H33N5O2/c1-16(25-11-5-9-20(25)27)21(28)22-14-17-13-19-15-24(10-6-12-26(19)23-17)18-7-3-2-4-8-18/h13,16,18H,2-12,14-15H2,1H3,(H,22,28). The van der Waals surface area contributed by atoms with E-state index in [9.17, 15) is 9.59 Å². The molecule has 1 saturated carbocycles. The van der Waals surface area contributed by atoms with E-state index < -0.39 is 6.04 Å². The van der Waals surface area contributed by atoms with E-state index in [1.807, 2.05) is 6.92 Å². The van der Waals surface area contributed by atoms with Gasteiger partial charge in [0.1, 0.15) is 6.04 Å². The lowest BCUT2D eigenvalue weighted by molar-refractivity contribution is -0.136. The number of amides is 2. The number of aromatic nitrogens is 2. The molecule has 1 unspecified atom stereocenters. The Labute approximate surface area is 167 Å². The molecule has 0 radical (unpaired) electrons.